The highest BCUT2D eigenvalue weighted by Gasteiger charge is 2.23. The maximum atomic E-state index is 5.15. The number of aromatic nitrogens is 5. The van der Waals surface area contributed by atoms with Gasteiger partial charge in [0.15, 0.2) is 0 Å². The van der Waals surface area contributed by atoms with Crippen molar-refractivity contribution in [1.29, 1.82) is 0 Å². The van der Waals surface area contributed by atoms with Crippen molar-refractivity contribution in [2.45, 2.75) is 0 Å². The first-order valence-corrected chi connectivity index (χ1v) is 16.0. The Balaban J connectivity index is 1.24. The van der Waals surface area contributed by atoms with E-state index in [-0.39, 0.29) is 0 Å². The number of pyridine rings is 3. The molecule has 0 bridgehead atoms. The minimum Gasteiger partial charge on any atom is -0.352 e. The fourth-order valence-corrected chi connectivity index (χ4v) is 7.59. The van der Waals surface area contributed by atoms with E-state index >= 15 is 0 Å². The number of rotatable bonds is 2. The highest BCUT2D eigenvalue weighted by atomic mass is 15.1. The molecule has 0 atom stereocenters. The minimum absolute atomic E-state index is 0.895. The van der Waals surface area contributed by atoms with Crippen molar-refractivity contribution < 1.29 is 0 Å². The van der Waals surface area contributed by atoms with E-state index in [0.717, 1.165) is 99.7 Å². The maximum Gasteiger partial charge on any atom is 0.0985 e. The van der Waals surface area contributed by atoms with Gasteiger partial charge < -0.3 is 19.8 Å². The Labute approximate surface area is 273 Å². The largest absolute Gasteiger partial charge is 0.352 e. The molecule has 1 aliphatic rings. The van der Waals surface area contributed by atoms with Crippen molar-refractivity contribution in [3.05, 3.63) is 140 Å². The predicted molar refractivity (Wildman–Crippen MR) is 197 cm³/mol. The maximum absolute atomic E-state index is 5.15. The van der Waals surface area contributed by atoms with E-state index in [2.05, 4.69) is 134 Å². The van der Waals surface area contributed by atoms with Gasteiger partial charge in [0.2, 0.25) is 0 Å². The monoisotopic (exact) mass is 615 g/mol. The van der Waals surface area contributed by atoms with Gasteiger partial charge in [0.05, 0.1) is 73.3 Å². The second kappa shape index (κ2) is 9.40. The van der Waals surface area contributed by atoms with Gasteiger partial charge in [0.1, 0.15) is 0 Å². The van der Waals surface area contributed by atoms with Gasteiger partial charge in [-0.15, -0.1) is 0 Å². The van der Waals surface area contributed by atoms with E-state index in [1.54, 1.807) is 0 Å². The molecule has 6 heterocycles. The van der Waals surface area contributed by atoms with Crippen LogP contribution in [0.3, 0.4) is 0 Å². The zero-order valence-corrected chi connectivity index (χ0v) is 25.5. The lowest BCUT2D eigenvalue weighted by atomic mass is 10.1. The Bertz CT molecular complexity index is 2970. The highest BCUT2D eigenvalue weighted by Crippen LogP contribution is 2.43. The summed E-state index contributed by atoms with van der Waals surface area (Å²) >= 11 is 0. The SMILES string of the molecule is c1ccc2c(c1)Nc1ccc(-n3c4ccccc4c4cnc5c6ccccc6n(-c6cnc7c(ccc8cccnc87)c6)c5c43)cc1N2. The number of nitrogens with one attached hydrogen (secondary N) is 2. The molecule has 224 valence electrons. The van der Waals surface area contributed by atoms with Crippen LogP contribution in [0.1, 0.15) is 0 Å². The molecule has 5 aromatic carbocycles. The van der Waals surface area contributed by atoms with E-state index < -0.39 is 0 Å². The Hall–Kier alpha value is -6.73. The Morgan fingerprint density at radius 1 is 0.417 bits per heavy atom. The molecule has 11 rings (SSSR count). The third kappa shape index (κ3) is 3.44. The lowest BCUT2D eigenvalue weighted by Gasteiger charge is -2.24. The molecule has 1 aliphatic heterocycles. The number of benzene rings is 5. The lowest BCUT2D eigenvalue weighted by molar-refractivity contribution is 1.13. The number of hydrogen-bond acceptors (Lipinski definition) is 5. The van der Waals surface area contributed by atoms with Crippen molar-refractivity contribution in [2.75, 3.05) is 10.6 Å². The van der Waals surface area contributed by atoms with E-state index in [1.807, 2.05) is 30.7 Å². The van der Waals surface area contributed by atoms with Gasteiger partial charge in [-0.2, -0.15) is 0 Å². The summed E-state index contributed by atoms with van der Waals surface area (Å²) in [6.45, 7) is 0. The molecular formula is C41H25N7. The molecule has 7 nitrogen and oxygen atoms in total. The molecule has 0 saturated heterocycles. The molecule has 0 aliphatic carbocycles. The Morgan fingerprint density at radius 3 is 1.96 bits per heavy atom. The van der Waals surface area contributed by atoms with Crippen LogP contribution in [-0.2, 0) is 0 Å². The van der Waals surface area contributed by atoms with E-state index in [9.17, 15) is 0 Å². The summed E-state index contributed by atoms with van der Waals surface area (Å²) in [6, 6.07) is 42.5. The fourth-order valence-electron chi connectivity index (χ4n) is 7.59. The quantitative estimate of drug-likeness (QED) is 0.189. The third-order valence-corrected chi connectivity index (χ3v) is 9.70. The zero-order valence-electron chi connectivity index (χ0n) is 25.5. The summed E-state index contributed by atoms with van der Waals surface area (Å²) in [6.07, 6.45) is 5.84. The smallest absolute Gasteiger partial charge is 0.0985 e. The first kappa shape index (κ1) is 25.5. The molecule has 0 amide bonds. The summed E-state index contributed by atoms with van der Waals surface area (Å²) in [5.74, 6) is 0. The second-order valence-electron chi connectivity index (χ2n) is 12.4. The first-order valence-electron chi connectivity index (χ1n) is 16.0. The van der Waals surface area contributed by atoms with Crippen LogP contribution in [0.25, 0.3) is 76.9 Å². The molecule has 0 radical (unpaired) electrons. The van der Waals surface area contributed by atoms with Crippen LogP contribution in [-0.4, -0.2) is 24.1 Å². The van der Waals surface area contributed by atoms with Gasteiger partial charge in [-0.3, -0.25) is 15.0 Å². The highest BCUT2D eigenvalue weighted by molar-refractivity contribution is 6.22. The lowest BCUT2D eigenvalue weighted by Crippen LogP contribution is -2.07. The molecule has 10 aromatic rings. The molecule has 48 heavy (non-hydrogen) atoms. The summed E-state index contributed by atoms with van der Waals surface area (Å²) in [4.78, 5) is 14.8. The van der Waals surface area contributed by atoms with Crippen LogP contribution in [0, 0.1) is 0 Å². The summed E-state index contributed by atoms with van der Waals surface area (Å²) in [7, 11) is 0. The molecule has 2 N–H and O–H groups in total. The van der Waals surface area contributed by atoms with E-state index in [0.29, 0.717) is 0 Å². The molecular weight excluding hydrogens is 591 g/mol. The second-order valence-corrected chi connectivity index (χ2v) is 12.4. The molecule has 0 spiro atoms. The summed E-state index contributed by atoms with van der Waals surface area (Å²) in [5.41, 5.74) is 13.3. The van der Waals surface area contributed by atoms with Crippen molar-refractivity contribution >= 4 is 88.3 Å². The molecule has 0 unspecified atom stereocenters. The number of para-hydroxylation sites is 4. The first-order chi connectivity index (χ1) is 23.8. The molecule has 5 aromatic heterocycles. The van der Waals surface area contributed by atoms with Crippen LogP contribution >= 0.6 is 0 Å². The van der Waals surface area contributed by atoms with Gasteiger partial charge in [-0.05, 0) is 54.6 Å². The molecule has 0 fully saturated rings. The van der Waals surface area contributed by atoms with Gasteiger partial charge in [0.25, 0.3) is 0 Å². The topological polar surface area (TPSA) is 72.6 Å². The van der Waals surface area contributed by atoms with Crippen LogP contribution in [0.4, 0.5) is 22.7 Å². The van der Waals surface area contributed by atoms with Crippen LogP contribution in [0.15, 0.2) is 140 Å². The normalized spacial score (nSPS) is 12.5. The van der Waals surface area contributed by atoms with E-state index in [1.165, 1.54) is 0 Å². The van der Waals surface area contributed by atoms with Crippen molar-refractivity contribution in [1.82, 2.24) is 24.1 Å². The average Bonchev–Trinajstić information content (AvgIpc) is 3.66. The number of anilines is 4. The summed E-state index contributed by atoms with van der Waals surface area (Å²) in [5, 5.41) is 12.7. The number of nitrogens with zero attached hydrogens (tertiary/aromatic N) is 5. The van der Waals surface area contributed by atoms with Crippen LogP contribution < -0.4 is 10.6 Å². The number of fused-ring (bicyclic) bond motifs is 12. The number of hydrogen-bond donors (Lipinski definition) is 2. The van der Waals surface area contributed by atoms with Crippen molar-refractivity contribution in [2.24, 2.45) is 0 Å². The minimum atomic E-state index is 0.895. The van der Waals surface area contributed by atoms with E-state index in [4.69, 9.17) is 9.97 Å². The van der Waals surface area contributed by atoms with Crippen LogP contribution in [0.5, 0.6) is 0 Å². The fraction of sp³-hybridized carbons (Fsp3) is 0. The van der Waals surface area contributed by atoms with Gasteiger partial charge in [-0.1, -0.05) is 66.7 Å². The van der Waals surface area contributed by atoms with Gasteiger partial charge in [0, 0.05) is 45.0 Å². The van der Waals surface area contributed by atoms with Gasteiger partial charge in [-0.25, -0.2) is 0 Å². The molecule has 7 heteroatoms. The van der Waals surface area contributed by atoms with Crippen molar-refractivity contribution in [3.8, 4) is 11.4 Å². The van der Waals surface area contributed by atoms with Crippen molar-refractivity contribution in [3.63, 3.8) is 0 Å². The van der Waals surface area contributed by atoms with Gasteiger partial charge >= 0.3 is 0 Å². The third-order valence-electron chi connectivity index (χ3n) is 9.70. The Morgan fingerprint density at radius 2 is 1.08 bits per heavy atom. The Kier molecular flexibility index (Phi) is 4.99. The summed E-state index contributed by atoms with van der Waals surface area (Å²) < 4.78 is 4.72. The average molecular weight is 616 g/mol. The van der Waals surface area contributed by atoms with Crippen LogP contribution in [0.2, 0.25) is 0 Å². The standard InChI is InChI=1S/C41H25N7/c1-5-13-35-28(9-1)30-23-44-39-29-10-2-6-14-36(29)48(27-20-25-16-15-24-8-7-19-42-37(24)38(25)43-22-27)41(39)40(30)47(35)26-17-18-33-34(21-26)46-32-12-4-3-11-31(32)45-33/h1-23,45-46H. The predicted octanol–water partition coefficient (Wildman–Crippen LogP) is 10.2. The zero-order chi connectivity index (χ0) is 31.3. The molecule has 0 saturated carbocycles.